The van der Waals surface area contributed by atoms with Gasteiger partial charge in [-0.2, -0.15) is 13.2 Å². The summed E-state index contributed by atoms with van der Waals surface area (Å²) in [5.41, 5.74) is 0. The molecule has 0 aromatic carbocycles. The van der Waals surface area contributed by atoms with Crippen molar-refractivity contribution in [1.82, 2.24) is 0 Å². The molecule has 4 heteroatoms. The maximum absolute atomic E-state index is 12.1. The minimum Gasteiger partial charge on any atom is -0.300 e. The van der Waals surface area contributed by atoms with Crippen molar-refractivity contribution < 1.29 is 18.0 Å². The van der Waals surface area contributed by atoms with Crippen LogP contribution >= 0.6 is 0 Å². The fourth-order valence-corrected chi connectivity index (χ4v) is 1.48. The van der Waals surface area contributed by atoms with Gasteiger partial charge >= 0.3 is 6.18 Å². The van der Waals surface area contributed by atoms with Gasteiger partial charge in [-0.1, -0.05) is 0 Å². The van der Waals surface area contributed by atoms with Crippen LogP contribution in [0.25, 0.3) is 0 Å². The van der Waals surface area contributed by atoms with Crippen molar-refractivity contribution in [3.05, 3.63) is 0 Å². The van der Waals surface area contributed by atoms with Crippen LogP contribution in [0.15, 0.2) is 0 Å². The third-order valence-electron chi connectivity index (χ3n) is 2.24. The molecule has 1 aliphatic rings. The number of carbonyl (C=O) groups is 1. The van der Waals surface area contributed by atoms with Gasteiger partial charge in [-0.15, -0.1) is 0 Å². The Morgan fingerprint density at radius 1 is 1.17 bits per heavy atom. The summed E-state index contributed by atoms with van der Waals surface area (Å²) < 4.78 is 36.4. The number of hydrogen-bond acceptors (Lipinski definition) is 1. The molecule has 1 atom stereocenters. The number of Topliss-reactive ketones (excluding diaryl/α,β-unsaturated/α-hetero) is 1. The summed E-state index contributed by atoms with van der Waals surface area (Å²) in [5.74, 6) is -1.27. The molecule has 1 aliphatic carbocycles. The molecule has 0 radical (unpaired) electrons. The number of hydrogen-bond donors (Lipinski definition) is 0. The number of ketones is 1. The zero-order valence-electron chi connectivity index (χ0n) is 6.66. The van der Waals surface area contributed by atoms with Gasteiger partial charge in [0.2, 0.25) is 0 Å². The lowest BCUT2D eigenvalue weighted by molar-refractivity contribution is -0.177. The third-order valence-corrected chi connectivity index (χ3v) is 2.24. The molecule has 0 amide bonds. The first-order chi connectivity index (χ1) is 5.50. The standard InChI is InChI=1S/C8H11F3O/c9-8(10,11)6-2-1-3-7(12)5-4-6/h6H,1-5H2. The molecule has 1 saturated carbocycles. The van der Waals surface area contributed by atoms with E-state index in [9.17, 15) is 18.0 Å². The van der Waals surface area contributed by atoms with Gasteiger partial charge in [0, 0.05) is 12.8 Å². The van der Waals surface area contributed by atoms with E-state index < -0.39 is 12.1 Å². The lowest BCUT2D eigenvalue weighted by atomic mass is 10.0. The maximum atomic E-state index is 12.1. The third kappa shape index (κ3) is 2.50. The van der Waals surface area contributed by atoms with Crippen LogP contribution in [0.3, 0.4) is 0 Å². The van der Waals surface area contributed by atoms with Crippen molar-refractivity contribution in [3.63, 3.8) is 0 Å². The summed E-state index contributed by atoms with van der Waals surface area (Å²) >= 11 is 0. The lowest BCUT2D eigenvalue weighted by Gasteiger charge is -2.16. The van der Waals surface area contributed by atoms with Crippen LogP contribution in [0, 0.1) is 5.92 Å². The molecular weight excluding hydrogens is 169 g/mol. The topological polar surface area (TPSA) is 17.1 Å². The van der Waals surface area contributed by atoms with Gasteiger partial charge in [-0.25, -0.2) is 0 Å². The van der Waals surface area contributed by atoms with E-state index in [0.29, 0.717) is 12.8 Å². The van der Waals surface area contributed by atoms with E-state index in [1.165, 1.54) is 0 Å². The predicted molar refractivity (Wildman–Crippen MR) is 37.6 cm³/mol. The summed E-state index contributed by atoms with van der Waals surface area (Å²) in [4.78, 5) is 10.8. The van der Waals surface area contributed by atoms with E-state index in [0.717, 1.165) is 0 Å². The normalized spacial score (nSPS) is 26.9. The van der Waals surface area contributed by atoms with Crippen LogP contribution in [-0.4, -0.2) is 12.0 Å². The van der Waals surface area contributed by atoms with Crippen LogP contribution in [0.4, 0.5) is 13.2 Å². The molecule has 0 spiro atoms. The zero-order chi connectivity index (χ0) is 9.19. The summed E-state index contributed by atoms with van der Waals surface area (Å²) in [6, 6.07) is 0. The van der Waals surface area contributed by atoms with Gasteiger partial charge in [0.15, 0.2) is 0 Å². The highest BCUT2D eigenvalue weighted by atomic mass is 19.4. The van der Waals surface area contributed by atoms with E-state index in [2.05, 4.69) is 0 Å². The number of alkyl halides is 3. The summed E-state index contributed by atoms with van der Waals surface area (Å²) in [5, 5.41) is 0. The van der Waals surface area contributed by atoms with E-state index in [4.69, 9.17) is 0 Å². The van der Waals surface area contributed by atoms with Gasteiger partial charge in [0.25, 0.3) is 0 Å². The Morgan fingerprint density at radius 2 is 1.83 bits per heavy atom. The fraction of sp³-hybridized carbons (Fsp3) is 0.875. The molecule has 1 rings (SSSR count). The zero-order valence-corrected chi connectivity index (χ0v) is 6.66. The summed E-state index contributed by atoms with van der Waals surface area (Å²) in [6.07, 6.45) is -3.18. The molecule has 1 fully saturated rings. The molecular formula is C8H11F3O. The lowest BCUT2D eigenvalue weighted by Crippen LogP contribution is -2.22. The highest BCUT2D eigenvalue weighted by molar-refractivity contribution is 5.78. The molecule has 0 saturated heterocycles. The number of halogens is 3. The Labute approximate surface area is 68.9 Å². The van der Waals surface area contributed by atoms with Crippen LogP contribution in [0.5, 0.6) is 0 Å². The molecule has 70 valence electrons. The van der Waals surface area contributed by atoms with Gasteiger partial charge < -0.3 is 0 Å². The largest absolute Gasteiger partial charge is 0.391 e. The monoisotopic (exact) mass is 180 g/mol. The average Bonchev–Trinajstić information content (AvgIpc) is 2.11. The van der Waals surface area contributed by atoms with Crippen molar-refractivity contribution >= 4 is 5.78 Å². The molecule has 1 nitrogen and oxygen atoms in total. The van der Waals surface area contributed by atoms with E-state index >= 15 is 0 Å². The minimum absolute atomic E-state index is 0.0116. The molecule has 0 bridgehead atoms. The van der Waals surface area contributed by atoms with Crippen LogP contribution < -0.4 is 0 Å². The molecule has 1 unspecified atom stereocenters. The minimum atomic E-state index is -4.11. The molecule has 12 heavy (non-hydrogen) atoms. The van der Waals surface area contributed by atoms with Crippen LogP contribution in [-0.2, 0) is 4.79 Å². The predicted octanol–water partition coefficient (Wildman–Crippen LogP) is 2.70. The van der Waals surface area contributed by atoms with Crippen molar-refractivity contribution in [3.8, 4) is 0 Å². The molecule has 0 aliphatic heterocycles. The quantitative estimate of drug-likeness (QED) is 0.524. The van der Waals surface area contributed by atoms with Crippen LogP contribution in [0.2, 0.25) is 0 Å². The SMILES string of the molecule is O=C1CCCC(C(F)(F)F)CC1. The van der Waals surface area contributed by atoms with Gasteiger partial charge in [-0.05, 0) is 19.3 Å². The smallest absolute Gasteiger partial charge is 0.300 e. The van der Waals surface area contributed by atoms with E-state index in [1.54, 1.807) is 0 Å². The first-order valence-corrected chi connectivity index (χ1v) is 4.08. The van der Waals surface area contributed by atoms with Crippen molar-refractivity contribution in [2.24, 2.45) is 5.92 Å². The second kappa shape index (κ2) is 3.46. The van der Waals surface area contributed by atoms with Crippen LogP contribution in [0.1, 0.15) is 32.1 Å². The molecule has 0 N–H and O–H groups in total. The Kier molecular flexibility index (Phi) is 2.75. The fourth-order valence-electron chi connectivity index (χ4n) is 1.48. The first-order valence-electron chi connectivity index (χ1n) is 4.08. The second-order valence-electron chi connectivity index (χ2n) is 3.21. The number of carbonyl (C=O) groups excluding carboxylic acids is 1. The van der Waals surface area contributed by atoms with Crippen molar-refractivity contribution in [1.29, 1.82) is 0 Å². The van der Waals surface area contributed by atoms with Gasteiger partial charge in [-0.3, -0.25) is 4.79 Å². The molecule has 0 aromatic heterocycles. The van der Waals surface area contributed by atoms with Gasteiger partial charge in [0.1, 0.15) is 5.78 Å². The molecule has 0 heterocycles. The Bertz CT molecular complexity index is 174. The van der Waals surface area contributed by atoms with E-state index in [1.807, 2.05) is 0 Å². The van der Waals surface area contributed by atoms with Crippen molar-refractivity contribution in [2.45, 2.75) is 38.3 Å². The summed E-state index contributed by atoms with van der Waals surface area (Å²) in [6.45, 7) is 0. The Hall–Kier alpha value is -0.540. The summed E-state index contributed by atoms with van der Waals surface area (Å²) in [7, 11) is 0. The highest BCUT2D eigenvalue weighted by Gasteiger charge is 2.39. The molecule has 0 aromatic rings. The van der Waals surface area contributed by atoms with Crippen molar-refractivity contribution in [2.75, 3.05) is 0 Å². The first kappa shape index (κ1) is 9.55. The maximum Gasteiger partial charge on any atom is 0.391 e. The Morgan fingerprint density at radius 3 is 2.42 bits per heavy atom. The van der Waals surface area contributed by atoms with Gasteiger partial charge in [0.05, 0.1) is 5.92 Å². The number of rotatable bonds is 0. The van der Waals surface area contributed by atoms with E-state index in [-0.39, 0.29) is 25.0 Å². The average molecular weight is 180 g/mol. The second-order valence-corrected chi connectivity index (χ2v) is 3.21. The highest BCUT2D eigenvalue weighted by Crippen LogP contribution is 2.35. The Balaban J connectivity index is 2.52.